The Balaban J connectivity index is 1.93. The Kier molecular flexibility index (Phi) is 6.29. The number of aromatic nitrogens is 2. The van der Waals surface area contributed by atoms with Gasteiger partial charge in [-0.1, -0.05) is 29.8 Å². The fourth-order valence-electron chi connectivity index (χ4n) is 3.88. The van der Waals surface area contributed by atoms with Gasteiger partial charge in [-0.05, 0) is 68.8 Å². The highest BCUT2D eigenvalue weighted by Crippen LogP contribution is 2.28. The molecule has 0 aliphatic carbocycles. The molecule has 7 nitrogen and oxygen atoms in total. The molecule has 0 saturated carbocycles. The van der Waals surface area contributed by atoms with E-state index in [9.17, 15) is 13.2 Å². The largest absolute Gasteiger partial charge is 0.497 e. The minimum absolute atomic E-state index is 0.183. The summed E-state index contributed by atoms with van der Waals surface area (Å²) in [6, 6.07) is 18.4. The van der Waals surface area contributed by atoms with E-state index in [1.807, 2.05) is 26.0 Å². The number of nitrogens with zero attached hydrogens (tertiary/aromatic N) is 3. The zero-order chi connectivity index (χ0) is 24.6. The van der Waals surface area contributed by atoms with E-state index in [4.69, 9.17) is 9.72 Å². The van der Waals surface area contributed by atoms with E-state index in [1.165, 1.54) is 15.9 Å². The first-order valence-corrected chi connectivity index (χ1v) is 12.3. The van der Waals surface area contributed by atoms with Gasteiger partial charge in [-0.15, -0.1) is 0 Å². The molecular formula is C26H27N3O4S. The third-order valence-corrected chi connectivity index (χ3v) is 8.02. The van der Waals surface area contributed by atoms with Crippen LogP contribution in [0.25, 0.3) is 16.6 Å². The van der Waals surface area contributed by atoms with E-state index < -0.39 is 16.1 Å². The highest BCUT2D eigenvalue weighted by Gasteiger charge is 2.30. The summed E-state index contributed by atoms with van der Waals surface area (Å²) in [5.41, 5.74) is 2.68. The SMILES string of the molecule is COc1ccc(-n2c(C(C)N(C)S(=O)(=O)c3ccc(C)cc3)nc3c(C)cccc3c2=O)cc1. The van der Waals surface area contributed by atoms with Crippen molar-refractivity contribution in [3.05, 3.63) is 94.0 Å². The number of ether oxygens (including phenoxy) is 1. The topological polar surface area (TPSA) is 81.5 Å². The second-order valence-corrected chi connectivity index (χ2v) is 10.3. The summed E-state index contributed by atoms with van der Waals surface area (Å²) >= 11 is 0. The first-order chi connectivity index (χ1) is 16.1. The van der Waals surface area contributed by atoms with E-state index >= 15 is 0 Å². The number of sulfonamides is 1. The number of methoxy groups -OCH3 is 1. The maximum absolute atomic E-state index is 13.7. The van der Waals surface area contributed by atoms with Gasteiger partial charge in [-0.3, -0.25) is 9.36 Å². The number of rotatable bonds is 6. The summed E-state index contributed by atoms with van der Waals surface area (Å²) in [5.74, 6) is 0.977. The number of aryl methyl sites for hydroxylation is 2. The molecule has 0 aliphatic rings. The molecule has 0 fully saturated rings. The smallest absolute Gasteiger partial charge is 0.266 e. The minimum Gasteiger partial charge on any atom is -0.497 e. The van der Waals surface area contributed by atoms with Crippen LogP contribution in [0.3, 0.4) is 0 Å². The zero-order valence-corrected chi connectivity index (χ0v) is 20.6. The average Bonchev–Trinajstić information content (AvgIpc) is 2.84. The number of fused-ring (bicyclic) bond motifs is 1. The normalized spacial score (nSPS) is 12.8. The molecule has 0 amide bonds. The number of hydrogen-bond donors (Lipinski definition) is 0. The summed E-state index contributed by atoms with van der Waals surface area (Å²) < 4.78 is 34.8. The lowest BCUT2D eigenvalue weighted by molar-refractivity contribution is 0.379. The lowest BCUT2D eigenvalue weighted by Crippen LogP contribution is -2.35. The first-order valence-electron chi connectivity index (χ1n) is 10.9. The van der Waals surface area contributed by atoms with Crippen LogP contribution >= 0.6 is 0 Å². The van der Waals surface area contributed by atoms with Crippen LogP contribution in [0.5, 0.6) is 5.75 Å². The lowest BCUT2D eigenvalue weighted by atomic mass is 10.1. The molecule has 1 aromatic heterocycles. The van der Waals surface area contributed by atoms with Gasteiger partial charge in [0.25, 0.3) is 5.56 Å². The van der Waals surface area contributed by atoms with Gasteiger partial charge < -0.3 is 4.74 Å². The average molecular weight is 478 g/mol. The predicted octanol–water partition coefficient (Wildman–Crippen LogP) is 4.39. The maximum Gasteiger partial charge on any atom is 0.266 e. The third-order valence-electron chi connectivity index (χ3n) is 6.07. The van der Waals surface area contributed by atoms with Crippen LogP contribution in [-0.2, 0) is 10.0 Å². The fourth-order valence-corrected chi connectivity index (χ4v) is 5.20. The third kappa shape index (κ3) is 4.10. The van der Waals surface area contributed by atoms with Gasteiger partial charge in [0.15, 0.2) is 0 Å². The van der Waals surface area contributed by atoms with E-state index in [1.54, 1.807) is 68.6 Å². The van der Waals surface area contributed by atoms with Crippen LogP contribution in [0.1, 0.15) is 29.9 Å². The van der Waals surface area contributed by atoms with Gasteiger partial charge in [0.1, 0.15) is 11.6 Å². The van der Waals surface area contributed by atoms with Crippen molar-refractivity contribution in [2.24, 2.45) is 0 Å². The van der Waals surface area contributed by atoms with Crippen molar-refractivity contribution in [1.29, 1.82) is 0 Å². The molecule has 0 N–H and O–H groups in total. The van der Waals surface area contributed by atoms with Crippen LogP contribution in [0.2, 0.25) is 0 Å². The monoisotopic (exact) mass is 477 g/mol. The Labute approximate surface area is 199 Å². The maximum atomic E-state index is 13.7. The lowest BCUT2D eigenvalue weighted by Gasteiger charge is -2.26. The van der Waals surface area contributed by atoms with Gasteiger partial charge >= 0.3 is 0 Å². The van der Waals surface area contributed by atoms with Crippen molar-refractivity contribution in [3.8, 4) is 11.4 Å². The predicted molar refractivity (Wildman–Crippen MR) is 133 cm³/mol. The number of para-hydroxylation sites is 1. The summed E-state index contributed by atoms with van der Waals surface area (Å²) in [6.07, 6.45) is 0. The van der Waals surface area contributed by atoms with Gasteiger partial charge in [0, 0.05) is 7.05 Å². The molecule has 0 spiro atoms. The molecule has 0 radical (unpaired) electrons. The molecule has 3 aromatic carbocycles. The molecule has 176 valence electrons. The van der Waals surface area contributed by atoms with Crippen LogP contribution in [0, 0.1) is 13.8 Å². The fraction of sp³-hybridized carbons (Fsp3) is 0.231. The number of benzene rings is 3. The molecule has 34 heavy (non-hydrogen) atoms. The molecular weight excluding hydrogens is 450 g/mol. The summed E-state index contributed by atoms with van der Waals surface area (Å²) in [5, 5.41) is 0.468. The number of hydrogen-bond acceptors (Lipinski definition) is 5. The first kappa shape index (κ1) is 23.7. The highest BCUT2D eigenvalue weighted by molar-refractivity contribution is 7.89. The standard InChI is InChI=1S/C26H27N3O4S/c1-17-9-15-22(16-10-17)34(31,32)28(4)19(3)25-27-24-18(2)7-6-8-23(24)26(30)29(25)20-11-13-21(33-5)14-12-20/h6-16,19H,1-5H3. The summed E-state index contributed by atoms with van der Waals surface area (Å²) in [4.78, 5) is 18.7. The molecule has 4 rings (SSSR count). The van der Waals surface area contributed by atoms with Crippen molar-refractivity contribution < 1.29 is 13.2 Å². The van der Waals surface area contributed by atoms with Gasteiger partial charge in [0.2, 0.25) is 10.0 Å². The molecule has 1 atom stereocenters. The second-order valence-electron chi connectivity index (χ2n) is 8.29. The minimum atomic E-state index is -3.83. The Morgan fingerprint density at radius 2 is 1.62 bits per heavy atom. The quantitative estimate of drug-likeness (QED) is 0.411. The molecule has 0 bridgehead atoms. The van der Waals surface area contributed by atoms with Crippen molar-refractivity contribution in [3.63, 3.8) is 0 Å². The van der Waals surface area contributed by atoms with Crippen LogP contribution in [0.4, 0.5) is 0 Å². The van der Waals surface area contributed by atoms with Crippen molar-refractivity contribution >= 4 is 20.9 Å². The molecule has 8 heteroatoms. The molecule has 0 saturated heterocycles. The Hall–Kier alpha value is -3.49. The van der Waals surface area contributed by atoms with Crippen molar-refractivity contribution in [1.82, 2.24) is 13.9 Å². The Bertz CT molecular complexity index is 1510. The van der Waals surface area contributed by atoms with Gasteiger partial charge in [-0.25, -0.2) is 13.4 Å². The highest BCUT2D eigenvalue weighted by atomic mass is 32.2. The summed E-state index contributed by atoms with van der Waals surface area (Å²) in [7, 11) is -0.755. The van der Waals surface area contributed by atoms with Gasteiger partial charge in [0.05, 0.1) is 34.6 Å². The molecule has 1 heterocycles. The van der Waals surface area contributed by atoms with E-state index in [2.05, 4.69) is 0 Å². The molecule has 0 aliphatic heterocycles. The van der Waals surface area contributed by atoms with E-state index in [0.717, 1.165) is 11.1 Å². The van der Waals surface area contributed by atoms with Gasteiger partial charge in [-0.2, -0.15) is 4.31 Å². The Morgan fingerprint density at radius 3 is 2.24 bits per heavy atom. The van der Waals surface area contributed by atoms with Crippen LogP contribution < -0.4 is 10.3 Å². The Morgan fingerprint density at radius 1 is 0.971 bits per heavy atom. The molecule has 4 aromatic rings. The van der Waals surface area contributed by atoms with Crippen molar-refractivity contribution in [2.75, 3.05) is 14.2 Å². The summed E-state index contributed by atoms with van der Waals surface area (Å²) in [6.45, 7) is 5.52. The van der Waals surface area contributed by atoms with Crippen LogP contribution in [-0.4, -0.2) is 36.4 Å². The van der Waals surface area contributed by atoms with E-state index in [-0.39, 0.29) is 10.5 Å². The van der Waals surface area contributed by atoms with Crippen molar-refractivity contribution in [2.45, 2.75) is 31.7 Å². The molecule has 1 unspecified atom stereocenters. The second kappa shape index (κ2) is 9.04. The zero-order valence-electron chi connectivity index (χ0n) is 19.8. The van der Waals surface area contributed by atoms with E-state index in [0.29, 0.717) is 28.2 Å². The van der Waals surface area contributed by atoms with Crippen LogP contribution in [0.15, 0.2) is 76.4 Å².